The van der Waals surface area contributed by atoms with Gasteiger partial charge in [-0.3, -0.25) is 0 Å². The van der Waals surface area contributed by atoms with Crippen molar-refractivity contribution in [2.45, 2.75) is 0 Å². The van der Waals surface area contributed by atoms with Crippen molar-refractivity contribution >= 4 is 38.9 Å². The van der Waals surface area contributed by atoms with Crippen molar-refractivity contribution < 1.29 is 0 Å². The highest BCUT2D eigenvalue weighted by Crippen LogP contribution is 2.39. The summed E-state index contributed by atoms with van der Waals surface area (Å²) in [5, 5.41) is 2.53. The largest absolute Gasteiger partial charge is 0.311 e. The van der Waals surface area contributed by atoms with Crippen LogP contribution in [0.4, 0.5) is 17.1 Å². The molecule has 9 aromatic carbocycles. The van der Waals surface area contributed by atoms with E-state index in [1.54, 1.807) is 0 Å². The third-order valence-electron chi connectivity index (χ3n) is 10.8. The molecule has 0 amide bonds. The zero-order chi connectivity index (χ0) is 37.3. The number of hydrogen-bond donors (Lipinski definition) is 0. The predicted octanol–water partition coefficient (Wildman–Crippen LogP) is 14.9. The molecule has 0 aliphatic rings. The van der Waals surface area contributed by atoms with Crippen LogP contribution in [0.1, 0.15) is 0 Å². The lowest BCUT2D eigenvalue weighted by molar-refractivity contribution is 1.18. The first kappa shape index (κ1) is 33.2. The topological polar surface area (TPSA) is 8.17 Å². The van der Waals surface area contributed by atoms with Crippen LogP contribution in [-0.4, -0.2) is 4.57 Å². The van der Waals surface area contributed by atoms with E-state index < -0.39 is 0 Å². The van der Waals surface area contributed by atoms with Gasteiger partial charge in [-0.15, -0.1) is 0 Å². The van der Waals surface area contributed by atoms with Gasteiger partial charge in [0.1, 0.15) is 0 Å². The van der Waals surface area contributed by atoms with E-state index in [1.807, 2.05) is 0 Å². The van der Waals surface area contributed by atoms with Gasteiger partial charge in [0, 0.05) is 33.4 Å². The zero-order valence-electron chi connectivity index (χ0n) is 30.8. The first-order valence-corrected chi connectivity index (χ1v) is 19.2. The number of para-hydroxylation sites is 4. The lowest BCUT2D eigenvalue weighted by Gasteiger charge is -2.26. The summed E-state index contributed by atoms with van der Waals surface area (Å²) in [5.74, 6) is 0. The van der Waals surface area contributed by atoms with Crippen molar-refractivity contribution in [3.8, 4) is 50.2 Å². The van der Waals surface area contributed by atoms with Crippen molar-refractivity contribution in [2.75, 3.05) is 4.90 Å². The Morgan fingerprint density at radius 1 is 0.268 bits per heavy atom. The molecule has 2 heteroatoms. The van der Waals surface area contributed by atoms with Gasteiger partial charge in [-0.1, -0.05) is 170 Å². The zero-order valence-corrected chi connectivity index (χ0v) is 30.8. The first-order valence-electron chi connectivity index (χ1n) is 19.2. The summed E-state index contributed by atoms with van der Waals surface area (Å²) in [5.41, 5.74) is 16.5. The Kier molecular flexibility index (Phi) is 8.55. The third kappa shape index (κ3) is 6.14. The van der Waals surface area contributed by atoms with E-state index in [0.29, 0.717) is 0 Å². The highest BCUT2D eigenvalue weighted by atomic mass is 15.1. The van der Waals surface area contributed by atoms with Gasteiger partial charge in [0.15, 0.2) is 0 Å². The van der Waals surface area contributed by atoms with Crippen LogP contribution in [0.2, 0.25) is 0 Å². The van der Waals surface area contributed by atoms with Gasteiger partial charge < -0.3 is 9.47 Å². The average molecular weight is 715 g/mol. The highest BCUT2D eigenvalue weighted by molar-refractivity contribution is 6.09. The van der Waals surface area contributed by atoms with E-state index in [-0.39, 0.29) is 0 Å². The van der Waals surface area contributed by atoms with Crippen LogP contribution in [0.25, 0.3) is 72.0 Å². The van der Waals surface area contributed by atoms with Gasteiger partial charge in [-0.25, -0.2) is 0 Å². The van der Waals surface area contributed by atoms with Crippen LogP contribution in [0.3, 0.4) is 0 Å². The van der Waals surface area contributed by atoms with Crippen molar-refractivity contribution in [1.29, 1.82) is 0 Å². The number of rotatable bonds is 8. The van der Waals surface area contributed by atoms with Crippen LogP contribution < -0.4 is 4.90 Å². The Bertz CT molecular complexity index is 2870. The van der Waals surface area contributed by atoms with Crippen molar-refractivity contribution in [1.82, 2.24) is 4.57 Å². The molecule has 10 aromatic rings. The second-order valence-electron chi connectivity index (χ2n) is 14.2. The van der Waals surface area contributed by atoms with Crippen molar-refractivity contribution in [3.05, 3.63) is 231 Å². The molecule has 0 saturated carbocycles. The summed E-state index contributed by atoms with van der Waals surface area (Å²) in [6.45, 7) is 0. The number of aromatic nitrogens is 1. The second kappa shape index (κ2) is 14.4. The molecular formula is C54H38N2. The molecule has 56 heavy (non-hydrogen) atoms. The van der Waals surface area contributed by atoms with E-state index in [4.69, 9.17) is 0 Å². The molecule has 0 aliphatic carbocycles. The Balaban J connectivity index is 0.968. The Morgan fingerprint density at radius 3 is 1.25 bits per heavy atom. The summed E-state index contributed by atoms with van der Waals surface area (Å²) in [7, 11) is 0. The van der Waals surface area contributed by atoms with Crippen LogP contribution in [0.15, 0.2) is 231 Å². The van der Waals surface area contributed by atoms with E-state index in [2.05, 4.69) is 240 Å². The minimum absolute atomic E-state index is 1.10. The fourth-order valence-corrected chi connectivity index (χ4v) is 8.08. The Morgan fingerprint density at radius 2 is 0.661 bits per heavy atom. The maximum atomic E-state index is 2.41. The molecule has 0 saturated heterocycles. The summed E-state index contributed by atoms with van der Waals surface area (Å²) >= 11 is 0. The number of hydrogen-bond acceptors (Lipinski definition) is 1. The average Bonchev–Trinajstić information content (AvgIpc) is 3.62. The van der Waals surface area contributed by atoms with Gasteiger partial charge in [0.2, 0.25) is 0 Å². The van der Waals surface area contributed by atoms with Gasteiger partial charge in [-0.2, -0.15) is 0 Å². The second-order valence-corrected chi connectivity index (χ2v) is 14.2. The lowest BCUT2D eigenvalue weighted by atomic mass is 9.97. The molecule has 1 aromatic heterocycles. The van der Waals surface area contributed by atoms with Crippen LogP contribution in [0.5, 0.6) is 0 Å². The molecule has 0 bridgehead atoms. The highest BCUT2D eigenvalue weighted by Gasteiger charge is 2.16. The van der Waals surface area contributed by atoms with Gasteiger partial charge >= 0.3 is 0 Å². The molecule has 0 aliphatic heterocycles. The fourth-order valence-electron chi connectivity index (χ4n) is 8.08. The monoisotopic (exact) mass is 714 g/mol. The maximum Gasteiger partial charge on any atom is 0.0541 e. The Labute approximate surface area is 327 Å². The van der Waals surface area contributed by atoms with Gasteiger partial charge in [-0.05, 0) is 99.6 Å². The minimum Gasteiger partial charge on any atom is -0.311 e. The van der Waals surface area contributed by atoms with E-state index >= 15 is 0 Å². The number of fused-ring (bicyclic) bond motifs is 3. The fraction of sp³-hybridized carbons (Fsp3) is 0. The summed E-state index contributed by atoms with van der Waals surface area (Å²) < 4.78 is 2.41. The molecule has 0 atom stereocenters. The van der Waals surface area contributed by atoms with E-state index in [1.165, 1.54) is 72.0 Å². The van der Waals surface area contributed by atoms with E-state index in [9.17, 15) is 0 Å². The summed E-state index contributed by atoms with van der Waals surface area (Å²) in [6, 6.07) is 82.9. The first-order chi connectivity index (χ1) is 27.8. The quantitative estimate of drug-likeness (QED) is 0.152. The molecule has 264 valence electrons. The predicted molar refractivity (Wildman–Crippen MR) is 237 cm³/mol. The maximum absolute atomic E-state index is 2.41. The van der Waals surface area contributed by atoms with Crippen LogP contribution in [-0.2, 0) is 0 Å². The standard InChI is InChI=1S/C54H38N2/c1-3-14-39(15-4-1)40-26-28-41(29-27-40)42-30-34-47(35-31-42)55(46-18-5-2-6-19-46)48-36-32-43(33-37-48)44-16-13-17-45(38-44)49-20-7-10-23-52(49)56-53-24-11-8-21-50(53)51-22-9-12-25-54(51)56/h1-38H. The molecule has 0 N–H and O–H groups in total. The molecule has 1 heterocycles. The molecular weight excluding hydrogens is 677 g/mol. The summed E-state index contributed by atoms with van der Waals surface area (Å²) in [6.07, 6.45) is 0. The number of anilines is 3. The number of nitrogens with zero attached hydrogens (tertiary/aromatic N) is 2. The molecule has 0 radical (unpaired) electrons. The number of benzene rings is 9. The van der Waals surface area contributed by atoms with Crippen molar-refractivity contribution in [2.24, 2.45) is 0 Å². The van der Waals surface area contributed by atoms with Gasteiger partial charge in [0.25, 0.3) is 0 Å². The smallest absolute Gasteiger partial charge is 0.0541 e. The van der Waals surface area contributed by atoms with E-state index in [0.717, 1.165) is 17.1 Å². The minimum atomic E-state index is 1.10. The molecule has 0 unspecified atom stereocenters. The molecule has 0 fully saturated rings. The van der Waals surface area contributed by atoms with Crippen molar-refractivity contribution in [3.63, 3.8) is 0 Å². The lowest BCUT2D eigenvalue weighted by Crippen LogP contribution is -2.09. The normalized spacial score (nSPS) is 11.2. The Hall–Kier alpha value is -7.42. The third-order valence-corrected chi connectivity index (χ3v) is 10.8. The molecule has 0 spiro atoms. The SMILES string of the molecule is c1ccc(-c2ccc(-c3ccc(N(c4ccccc4)c4ccc(-c5cccc(-c6ccccc6-n6c7ccccc7c7ccccc76)c5)cc4)cc3)cc2)cc1. The molecule has 10 rings (SSSR count). The molecule has 2 nitrogen and oxygen atoms in total. The van der Waals surface area contributed by atoms with Gasteiger partial charge in [0.05, 0.1) is 16.7 Å². The van der Waals surface area contributed by atoms with Crippen LogP contribution >= 0.6 is 0 Å². The van der Waals surface area contributed by atoms with Crippen LogP contribution in [0, 0.1) is 0 Å². The summed E-state index contributed by atoms with van der Waals surface area (Å²) in [4.78, 5) is 2.32.